The Labute approximate surface area is 232 Å². The van der Waals surface area contributed by atoms with Crippen molar-refractivity contribution in [3.8, 4) is 22.8 Å². The van der Waals surface area contributed by atoms with Crippen LogP contribution in [0.3, 0.4) is 0 Å². The summed E-state index contributed by atoms with van der Waals surface area (Å²) in [6, 6.07) is 14.4. The Bertz CT molecular complexity index is 1740. The highest BCUT2D eigenvalue weighted by molar-refractivity contribution is 7.15. The minimum Gasteiger partial charge on any atom is -0.493 e. The van der Waals surface area contributed by atoms with Gasteiger partial charge in [0.15, 0.2) is 17.3 Å². The van der Waals surface area contributed by atoms with Crippen LogP contribution in [0, 0.1) is 0 Å². The summed E-state index contributed by atoms with van der Waals surface area (Å²) < 4.78 is 18.9. The van der Waals surface area contributed by atoms with Gasteiger partial charge in [0.1, 0.15) is 16.1 Å². The van der Waals surface area contributed by atoms with E-state index in [0.717, 1.165) is 18.4 Å². The van der Waals surface area contributed by atoms with Gasteiger partial charge in [-0.1, -0.05) is 60.0 Å². The fourth-order valence-corrected chi connectivity index (χ4v) is 4.99. The van der Waals surface area contributed by atoms with Crippen LogP contribution in [-0.2, 0) is 0 Å². The van der Waals surface area contributed by atoms with Crippen molar-refractivity contribution in [1.29, 1.82) is 0 Å². The minimum atomic E-state index is -0.272. The predicted octanol–water partition coefficient (Wildman–Crippen LogP) is 6.62. The Balaban J connectivity index is 1.36. The van der Waals surface area contributed by atoms with Gasteiger partial charge in [-0.3, -0.25) is 4.79 Å². The van der Waals surface area contributed by atoms with Crippen LogP contribution in [0.5, 0.6) is 11.5 Å². The molecular formula is C28H23Cl2N3O4S. The summed E-state index contributed by atoms with van der Waals surface area (Å²) in [6.45, 7) is 2.76. The standard InChI is InChI=1S/C28H23Cl2N3O4S/c1-3-4-13-36-23-10-5-17(14-24(23)35-2)6-12-26-31-28-33(32-26)27(34)25(38-28)16-19-8-11-22(37-19)20-15-18(29)7-9-21(20)30/h5-12,14-16H,3-4,13H2,1-2H3/b12-6+,25-16-. The fourth-order valence-electron chi connectivity index (χ4n) is 3.71. The Kier molecular flexibility index (Phi) is 7.83. The molecule has 0 aliphatic rings. The van der Waals surface area contributed by atoms with Gasteiger partial charge in [-0.2, -0.15) is 9.50 Å². The number of methoxy groups -OCH3 is 1. The zero-order chi connectivity index (χ0) is 26.6. The van der Waals surface area contributed by atoms with E-state index in [1.165, 1.54) is 15.9 Å². The first-order valence-corrected chi connectivity index (χ1v) is 13.5. The van der Waals surface area contributed by atoms with Crippen molar-refractivity contribution in [3.05, 3.63) is 90.6 Å². The average molecular weight is 568 g/mol. The first-order chi connectivity index (χ1) is 18.4. The highest BCUT2D eigenvalue weighted by atomic mass is 35.5. The normalized spacial score (nSPS) is 12.2. The zero-order valence-corrected chi connectivity index (χ0v) is 22.9. The number of fused-ring (bicyclic) bond motifs is 1. The molecule has 0 fully saturated rings. The number of rotatable bonds is 9. The number of nitrogens with zero attached hydrogens (tertiary/aromatic N) is 3. The van der Waals surface area contributed by atoms with Crippen LogP contribution in [0.2, 0.25) is 10.0 Å². The summed E-state index contributed by atoms with van der Waals surface area (Å²) in [5.41, 5.74) is 1.30. The summed E-state index contributed by atoms with van der Waals surface area (Å²) in [4.78, 5) is 17.9. The topological polar surface area (TPSA) is 78.9 Å². The first-order valence-electron chi connectivity index (χ1n) is 11.9. The lowest BCUT2D eigenvalue weighted by atomic mass is 10.2. The molecule has 0 aliphatic carbocycles. The van der Waals surface area contributed by atoms with Crippen LogP contribution in [0.4, 0.5) is 0 Å². The Morgan fingerprint density at radius 3 is 2.74 bits per heavy atom. The van der Waals surface area contributed by atoms with E-state index in [2.05, 4.69) is 17.0 Å². The third-order valence-corrected chi connectivity index (χ3v) is 7.18. The van der Waals surface area contributed by atoms with Crippen molar-refractivity contribution in [2.45, 2.75) is 19.8 Å². The second-order valence-corrected chi connectivity index (χ2v) is 10.2. The van der Waals surface area contributed by atoms with Crippen molar-refractivity contribution in [2.24, 2.45) is 0 Å². The van der Waals surface area contributed by atoms with Gasteiger partial charge < -0.3 is 13.9 Å². The van der Waals surface area contributed by atoms with Gasteiger partial charge in [-0.15, -0.1) is 5.10 Å². The average Bonchev–Trinajstić information content (AvgIpc) is 3.62. The van der Waals surface area contributed by atoms with Crippen LogP contribution in [-0.4, -0.2) is 28.3 Å². The number of thiazole rings is 1. The summed E-state index contributed by atoms with van der Waals surface area (Å²) in [5.74, 6) is 2.85. The molecule has 3 heterocycles. The van der Waals surface area contributed by atoms with Gasteiger partial charge in [0.25, 0.3) is 5.56 Å². The molecule has 10 heteroatoms. The molecule has 0 atom stereocenters. The van der Waals surface area contributed by atoms with Crippen molar-refractivity contribution in [2.75, 3.05) is 13.7 Å². The summed E-state index contributed by atoms with van der Waals surface area (Å²) in [5, 5.41) is 5.43. The minimum absolute atomic E-state index is 0.272. The van der Waals surface area contributed by atoms with Gasteiger partial charge in [-0.25, -0.2) is 0 Å². The number of hydrogen-bond donors (Lipinski definition) is 0. The fraction of sp³-hybridized carbons (Fsp3) is 0.179. The van der Waals surface area contributed by atoms with Crippen LogP contribution in [0.25, 0.3) is 34.5 Å². The molecule has 0 saturated carbocycles. The summed E-state index contributed by atoms with van der Waals surface area (Å²) >= 11 is 13.6. The van der Waals surface area contributed by atoms with Crippen LogP contribution >= 0.6 is 34.5 Å². The van der Waals surface area contributed by atoms with E-state index in [4.69, 9.17) is 37.1 Å². The van der Waals surface area contributed by atoms with Crippen LogP contribution in [0.15, 0.2) is 57.7 Å². The van der Waals surface area contributed by atoms with E-state index in [1.807, 2.05) is 24.3 Å². The molecule has 0 N–H and O–H groups in total. The molecule has 5 aromatic rings. The van der Waals surface area contributed by atoms with Crippen molar-refractivity contribution >= 4 is 57.7 Å². The third-order valence-electron chi connectivity index (χ3n) is 5.66. The number of ether oxygens (including phenoxy) is 2. The lowest BCUT2D eigenvalue weighted by Gasteiger charge is -2.10. The molecular weight excluding hydrogens is 545 g/mol. The van der Waals surface area contributed by atoms with Crippen molar-refractivity contribution in [1.82, 2.24) is 14.6 Å². The van der Waals surface area contributed by atoms with Crippen molar-refractivity contribution in [3.63, 3.8) is 0 Å². The van der Waals surface area contributed by atoms with Crippen LogP contribution in [0.1, 0.15) is 36.9 Å². The van der Waals surface area contributed by atoms with E-state index in [-0.39, 0.29) is 5.56 Å². The van der Waals surface area contributed by atoms with E-state index in [1.54, 1.807) is 49.6 Å². The molecule has 0 saturated heterocycles. The third kappa shape index (κ3) is 5.62. The van der Waals surface area contributed by atoms with Gasteiger partial charge in [-0.05, 0) is 60.5 Å². The molecule has 7 nitrogen and oxygen atoms in total. The van der Waals surface area contributed by atoms with E-state index >= 15 is 0 Å². The molecule has 38 heavy (non-hydrogen) atoms. The summed E-state index contributed by atoms with van der Waals surface area (Å²) in [7, 11) is 1.61. The second-order valence-electron chi connectivity index (χ2n) is 8.35. The maximum atomic E-state index is 12.9. The lowest BCUT2D eigenvalue weighted by molar-refractivity contribution is 0.288. The van der Waals surface area contributed by atoms with E-state index in [0.29, 0.717) is 60.6 Å². The molecule has 0 amide bonds. The molecule has 0 unspecified atom stereocenters. The molecule has 194 valence electrons. The Morgan fingerprint density at radius 1 is 1.08 bits per heavy atom. The summed E-state index contributed by atoms with van der Waals surface area (Å²) in [6.07, 6.45) is 7.32. The SMILES string of the molecule is CCCCOc1ccc(/C=C/c2nc3s/c(=C\c4ccc(-c5cc(Cl)ccc5Cl)o4)c(=O)n3n2)cc1OC. The van der Waals surface area contributed by atoms with Gasteiger partial charge in [0.05, 0.1) is 18.7 Å². The predicted molar refractivity (Wildman–Crippen MR) is 152 cm³/mol. The number of aromatic nitrogens is 3. The zero-order valence-electron chi connectivity index (χ0n) is 20.6. The molecule has 0 aliphatic heterocycles. The maximum Gasteiger partial charge on any atom is 0.291 e. The highest BCUT2D eigenvalue weighted by Gasteiger charge is 2.12. The number of hydrogen-bond acceptors (Lipinski definition) is 7. The largest absolute Gasteiger partial charge is 0.493 e. The van der Waals surface area contributed by atoms with Crippen molar-refractivity contribution < 1.29 is 13.9 Å². The van der Waals surface area contributed by atoms with Crippen LogP contribution < -0.4 is 19.6 Å². The quantitative estimate of drug-likeness (QED) is 0.186. The highest BCUT2D eigenvalue weighted by Crippen LogP contribution is 2.32. The number of furan rings is 1. The number of halogens is 2. The molecule has 0 spiro atoms. The van der Waals surface area contributed by atoms with E-state index in [9.17, 15) is 4.79 Å². The molecule has 3 aromatic heterocycles. The van der Waals surface area contributed by atoms with Gasteiger partial charge in [0, 0.05) is 16.7 Å². The molecule has 2 aromatic carbocycles. The number of unbranched alkanes of at least 4 members (excludes halogenated alkanes) is 1. The second kappa shape index (κ2) is 11.4. The van der Waals surface area contributed by atoms with E-state index < -0.39 is 0 Å². The molecule has 5 rings (SSSR count). The lowest BCUT2D eigenvalue weighted by Crippen LogP contribution is -2.23. The first kappa shape index (κ1) is 26.0. The molecule has 0 bridgehead atoms. The smallest absolute Gasteiger partial charge is 0.291 e. The molecule has 0 radical (unpaired) electrons. The number of benzene rings is 2. The van der Waals surface area contributed by atoms with Gasteiger partial charge in [0.2, 0.25) is 4.96 Å². The maximum absolute atomic E-state index is 12.9. The monoisotopic (exact) mass is 567 g/mol. The van der Waals surface area contributed by atoms with Gasteiger partial charge >= 0.3 is 0 Å². The Hall–Kier alpha value is -3.59. The Morgan fingerprint density at radius 2 is 1.95 bits per heavy atom.